The van der Waals surface area contributed by atoms with Crippen molar-refractivity contribution < 1.29 is 4.79 Å². The molecule has 5 heteroatoms. The molecule has 0 atom stereocenters. The molecule has 3 nitrogen and oxygen atoms in total. The topological polar surface area (TPSA) is 42.0 Å². The lowest BCUT2D eigenvalue weighted by molar-refractivity contribution is 0.103. The second-order valence-electron chi connectivity index (χ2n) is 4.79. The van der Waals surface area contributed by atoms with Crippen molar-refractivity contribution in [3.8, 4) is 11.3 Å². The van der Waals surface area contributed by atoms with Gasteiger partial charge in [0.1, 0.15) is 0 Å². The zero-order valence-corrected chi connectivity index (χ0v) is 13.3. The maximum Gasteiger partial charge on any atom is 0.267 e. The number of carbonyl (C=O) groups excluding carboxylic acids is 1. The first-order valence-corrected chi connectivity index (χ1v) is 8.27. The third kappa shape index (κ3) is 3.04. The fraction of sp³-hybridized carbons (Fsp3) is 0.125. The molecule has 106 valence electrons. The maximum absolute atomic E-state index is 12.0. The summed E-state index contributed by atoms with van der Waals surface area (Å²) in [6, 6.07) is 9.97. The standard InChI is InChI=1S/C16H14N2OS2/c1-10-5-6-11(2)12(8-10)13-9-21-16(17-13)18-15(19)14-4-3-7-20-14/h3-9H,1-2H3,(H,17,18,19). The molecule has 0 saturated carbocycles. The first kappa shape index (κ1) is 14.0. The Bertz CT molecular complexity index is 775. The molecule has 0 bridgehead atoms. The molecular weight excluding hydrogens is 300 g/mol. The number of aromatic nitrogens is 1. The number of thiazole rings is 1. The third-order valence-corrected chi connectivity index (χ3v) is 4.76. The van der Waals surface area contributed by atoms with E-state index in [-0.39, 0.29) is 5.91 Å². The van der Waals surface area contributed by atoms with E-state index < -0.39 is 0 Å². The Morgan fingerprint density at radius 2 is 2.05 bits per heavy atom. The number of aryl methyl sites for hydroxylation is 2. The summed E-state index contributed by atoms with van der Waals surface area (Å²) in [5.41, 5.74) is 4.40. The van der Waals surface area contributed by atoms with Crippen LogP contribution in [0.3, 0.4) is 0 Å². The monoisotopic (exact) mass is 314 g/mol. The van der Waals surface area contributed by atoms with Gasteiger partial charge in [0.25, 0.3) is 5.91 Å². The molecule has 0 saturated heterocycles. The highest BCUT2D eigenvalue weighted by molar-refractivity contribution is 7.14. The van der Waals surface area contributed by atoms with E-state index in [9.17, 15) is 4.79 Å². The molecule has 0 radical (unpaired) electrons. The van der Waals surface area contributed by atoms with Gasteiger partial charge in [0, 0.05) is 10.9 Å². The number of amides is 1. The van der Waals surface area contributed by atoms with Gasteiger partial charge in [0.05, 0.1) is 10.6 Å². The summed E-state index contributed by atoms with van der Waals surface area (Å²) < 4.78 is 0. The van der Waals surface area contributed by atoms with Crippen LogP contribution in [0.15, 0.2) is 41.1 Å². The Labute approximate surface area is 131 Å². The van der Waals surface area contributed by atoms with Gasteiger partial charge in [-0.05, 0) is 36.9 Å². The van der Waals surface area contributed by atoms with Gasteiger partial charge in [0.2, 0.25) is 0 Å². The minimum atomic E-state index is -0.105. The number of hydrogen-bond donors (Lipinski definition) is 1. The zero-order chi connectivity index (χ0) is 14.8. The van der Waals surface area contributed by atoms with Crippen LogP contribution in [0.25, 0.3) is 11.3 Å². The molecule has 2 aromatic heterocycles. The maximum atomic E-state index is 12.0. The largest absolute Gasteiger partial charge is 0.297 e. The number of benzene rings is 1. The fourth-order valence-corrected chi connectivity index (χ4v) is 3.36. The highest BCUT2D eigenvalue weighted by atomic mass is 32.1. The molecule has 0 fully saturated rings. The van der Waals surface area contributed by atoms with Gasteiger partial charge in [-0.2, -0.15) is 0 Å². The molecule has 1 aromatic carbocycles. The van der Waals surface area contributed by atoms with Crippen molar-refractivity contribution in [2.75, 3.05) is 5.32 Å². The number of carbonyl (C=O) groups is 1. The van der Waals surface area contributed by atoms with Crippen LogP contribution < -0.4 is 5.32 Å². The Kier molecular flexibility index (Phi) is 3.86. The van der Waals surface area contributed by atoms with Crippen molar-refractivity contribution in [1.82, 2.24) is 4.98 Å². The zero-order valence-electron chi connectivity index (χ0n) is 11.7. The molecule has 1 amide bonds. The highest BCUT2D eigenvalue weighted by Crippen LogP contribution is 2.28. The van der Waals surface area contributed by atoms with Crippen LogP contribution in [0.5, 0.6) is 0 Å². The van der Waals surface area contributed by atoms with Crippen molar-refractivity contribution >= 4 is 33.7 Å². The van der Waals surface area contributed by atoms with E-state index in [4.69, 9.17) is 0 Å². The van der Waals surface area contributed by atoms with Crippen LogP contribution in [0.1, 0.15) is 20.8 Å². The summed E-state index contributed by atoms with van der Waals surface area (Å²) >= 11 is 2.87. The number of rotatable bonds is 3. The number of nitrogens with zero attached hydrogens (tertiary/aromatic N) is 1. The van der Waals surface area contributed by atoms with Crippen molar-refractivity contribution in [3.63, 3.8) is 0 Å². The molecule has 0 spiro atoms. The molecule has 21 heavy (non-hydrogen) atoms. The van der Waals surface area contributed by atoms with Crippen LogP contribution in [0.4, 0.5) is 5.13 Å². The van der Waals surface area contributed by atoms with Gasteiger partial charge in [0.15, 0.2) is 5.13 Å². The smallest absolute Gasteiger partial charge is 0.267 e. The number of anilines is 1. The lowest BCUT2D eigenvalue weighted by Crippen LogP contribution is -2.09. The summed E-state index contributed by atoms with van der Waals surface area (Å²) in [7, 11) is 0. The predicted molar refractivity (Wildman–Crippen MR) is 89.3 cm³/mol. The van der Waals surface area contributed by atoms with Crippen LogP contribution in [0.2, 0.25) is 0 Å². The lowest BCUT2D eigenvalue weighted by Gasteiger charge is -2.03. The van der Waals surface area contributed by atoms with E-state index >= 15 is 0 Å². The number of thiophene rings is 1. The highest BCUT2D eigenvalue weighted by Gasteiger charge is 2.11. The van der Waals surface area contributed by atoms with Crippen LogP contribution in [0, 0.1) is 13.8 Å². The van der Waals surface area contributed by atoms with E-state index in [1.165, 1.54) is 33.8 Å². The Balaban J connectivity index is 1.83. The molecule has 0 aliphatic carbocycles. The van der Waals surface area contributed by atoms with Crippen LogP contribution in [-0.2, 0) is 0 Å². The summed E-state index contributed by atoms with van der Waals surface area (Å²) in [5, 5.41) is 7.34. The predicted octanol–water partition coefficient (Wildman–Crippen LogP) is 4.74. The van der Waals surface area contributed by atoms with Gasteiger partial charge in [-0.1, -0.05) is 23.8 Å². The van der Waals surface area contributed by atoms with E-state index in [0.717, 1.165) is 11.3 Å². The summed E-state index contributed by atoms with van der Waals surface area (Å²) in [6.45, 7) is 4.13. The minimum absolute atomic E-state index is 0.105. The molecule has 2 heterocycles. The summed E-state index contributed by atoms with van der Waals surface area (Å²) in [6.07, 6.45) is 0. The van der Waals surface area contributed by atoms with E-state index in [0.29, 0.717) is 10.0 Å². The lowest BCUT2D eigenvalue weighted by atomic mass is 10.0. The van der Waals surface area contributed by atoms with Gasteiger partial charge >= 0.3 is 0 Å². The average molecular weight is 314 g/mol. The summed E-state index contributed by atoms with van der Waals surface area (Å²) in [5.74, 6) is -0.105. The van der Waals surface area contributed by atoms with Crippen molar-refractivity contribution in [1.29, 1.82) is 0 Å². The second-order valence-corrected chi connectivity index (χ2v) is 6.59. The molecular formula is C16H14N2OS2. The second kappa shape index (κ2) is 5.79. The van der Waals surface area contributed by atoms with E-state index in [1.54, 1.807) is 6.07 Å². The Morgan fingerprint density at radius 1 is 1.19 bits per heavy atom. The summed E-state index contributed by atoms with van der Waals surface area (Å²) in [4.78, 5) is 17.2. The molecule has 0 aliphatic heterocycles. The van der Waals surface area contributed by atoms with E-state index in [1.807, 2.05) is 16.8 Å². The minimum Gasteiger partial charge on any atom is -0.297 e. The quantitative estimate of drug-likeness (QED) is 0.758. The van der Waals surface area contributed by atoms with Crippen molar-refractivity contribution in [2.24, 2.45) is 0 Å². The average Bonchev–Trinajstić information content (AvgIpc) is 3.12. The molecule has 1 N–H and O–H groups in total. The van der Waals surface area contributed by atoms with Gasteiger partial charge in [-0.25, -0.2) is 4.98 Å². The first-order chi connectivity index (χ1) is 10.1. The third-order valence-electron chi connectivity index (χ3n) is 3.14. The fourth-order valence-electron chi connectivity index (χ4n) is 2.03. The van der Waals surface area contributed by atoms with Crippen LogP contribution >= 0.6 is 22.7 Å². The molecule has 0 unspecified atom stereocenters. The Hall–Kier alpha value is -1.98. The van der Waals surface area contributed by atoms with Gasteiger partial charge in [-0.15, -0.1) is 22.7 Å². The SMILES string of the molecule is Cc1ccc(C)c(-c2csc(NC(=O)c3cccs3)n2)c1. The normalized spacial score (nSPS) is 10.6. The first-order valence-electron chi connectivity index (χ1n) is 6.51. The van der Waals surface area contributed by atoms with Crippen LogP contribution in [-0.4, -0.2) is 10.9 Å². The Morgan fingerprint density at radius 3 is 2.81 bits per heavy atom. The van der Waals surface area contributed by atoms with E-state index in [2.05, 4.69) is 42.3 Å². The number of nitrogens with one attached hydrogen (secondary N) is 1. The number of hydrogen-bond acceptors (Lipinski definition) is 4. The van der Waals surface area contributed by atoms with Gasteiger partial charge < -0.3 is 0 Å². The molecule has 0 aliphatic rings. The van der Waals surface area contributed by atoms with Crippen molar-refractivity contribution in [2.45, 2.75) is 13.8 Å². The molecule has 3 rings (SSSR count). The van der Waals surface area contributed by atoms with Gasteiger partial charge in [-0.3, -0.25) is 10.1 Å². The molecule has 3 aromatic rings. The van der Waals surface area contributed by atoms with Crippen molar-refractivity contribution in [3.05, 3.63) is 57.1 Å².